The molecule has 0 aliphatic heterocycles. The summed E-state index contributed by atoms with van der Waals surface area (Å²) < 4.78 is 0. The van der Waals surface area contributed by atoms with Gasteiger partial charge in [0.05, 0.1) is 0 Å². The van der Waals surface area contributed by atoms with Crippen molar-refractivity contribution in [3.05, 3.63) is 11.6 Å². The summed E-state index contributed by atoms with van der Waals surface area (Å²) in [7, 11) is 0. The summed E-state index contributed by atoms with van der Waals surface area (Å²) in [6.07, 6.45) is 23.3. The van der Waals surface area contributed by atoms with Crippen LogP contribution in [0.3, 0.4) is 0 Å². The lowest BCUT2D eigenvalue weighted by molar-refractivity contribution is 0.157. The minimum absolute atomic E-state index is 0.453. The molecular weight excluding hydrogens is 316 g/mol. The van der Waals surface area contributed by atoms with Gasteiger partial charge in [-0.05, 0) is 62.7 Å². The molecule has 0 spiro atoms. The van der Waals surface area contributed by atoms with Crippen molar-refractivity contribution in [3.8, 4) is 0 Å². The van der Waals surface area contributed by atoms with Crippen molar-refractivity contribution in [2.24, 2.45) is 11.3 Å². The fraction of sp³-hybridized carbons (Fsp3) is 0.917. The van der Waals surface area contributed by atoms with Gasteiger partial charge >= 0.3 is 0 Å². The molecule has 0 bridgehead atoms. The molecule has 0 saturated heterocycles. The minimum atomic E-state index is 0.453. The maximum Gasteiger partial charge on any atom is 0.0214 e. The SMILES string of the molecule is CCCCCC(C)(CCCC)C(CNNC1CC1)/C1=C\CCCCCC1. The van der Waals surface area contributed by atoms with Crippen LogP contribution in [0.25, 0.3) is 0 Å². The van der Waals surface area contributed by atoms with Crippen molar-refractivity contribution in [2.75, 3.05) is 6.54 Å². The van der Waals surface area contributed by atoms with E-state index in [9.17, 15) is 0 Å². The predicted octanol–water partition coefficient (Wildman–Crippen LogP) is 6.92. The number of hydrogen-bond donors (Lipinski definition) is 2. The van der Waals surface area contributed by atoms with Crippen LogP contribution in [0.4, 0.5) is 0 Å². The van der Waals surface area contributed by atoms with Crippen LogP contribution in [0.1, 0.15) is 117 Å². The second-order valence-corrected chi connectivity index (χ2v) is 9.30. The van der Waals surface area contributed by atoms with E-state index in [4.69, 9.17) is 0 Å². The second-order valence-electron chi connectivity index (χ2n) is 9.30. The number of hydrazine groups is 1. The molecule has 2 aliphatic carbocycles. The van der Waals surface area contributed by atoms with E-state index >= 15 is 0 Å². The van der Waals surface area contributed by atoms with Gasteiger partial charge in [-0.3, -0.25) is 10.9 Å². The molecule has 26 heavy (non-hydrogen) atoms. The lowest BCUT2D eigenvalue weighted by Gasteiger charge is -2.41. The van der Waals surface area contributed by atoms with Crippen LogP contribution >= 0.6 is 0 Å². The van der Waals surface area contributed by atoms with Crippen LogP contribution in [0, 0.1) is 11.3 Å². The predicted molar refractivity (Wildman–Crippen MR) is 115 cm³/mol. The Morgan fingerprint density at radius 1 is 1.00 bits per heavy atom. The highest BCUT2D eigenvalue weighted by molar-refractivity contribution is 5.13. The molecule has 1 saturated carbocycles. The standard InChI is InChI=1S/C24H46N2/c1-4-6-13-19-24(3,18-7-5-2)23(20-25-26-22-16-17-22)21-14-11-9-8-10-12-15-21/h14,22-23,25-26H,4-13,15-20H2,1-3H3/b21-14-. The van der Waals surface area contributed by atoms with Crippen molar-refractivity contribution in [3.63, 3.8) is 0 Å². The summed E-state index contributed by atoms with van der Waals surface area (Å²) in [5.41, 5.74) is 9.47. The third-order valence-electron chi connectivity index (χ3n) is 6.76. The van der Waals surface area contributed by atoms with Gasteiger partial charge < -0.3 is 0 Å². The molecule has 0 radical (unpaired) electrons. The molecule has 0 heterocycles. The summed E-state index contributed by atoms with van der Waals surface area (Å²) in [5.74, 6) is 0.704. The molecule has 0 amide bonds. The van der Waals surface area contributed by atoms with Gasteiger partial charge in [0.1, 0.15) is 0 Å². The van der Waals surface area contributed by atoms with Crippen molar-refractivity contribution in [2.45, 2.75) is 123 Å². The van der Waals surface area contributed by atoms with E-state index in [1.165, 1.54) is 96.3 Å². The topological polar surface area (TPSA) is 24.1 Å². The molecule has 152 valence electrons. The summed E-state index contributed by atoms with van der Waals surface area (Å²) in [4.78, 5) is 0. The second kappa shape index (κ2) is 12.2. The van der Waals surface area contributed by atoms with Crippen LogP contribution in [-0.2, 0) is 0 Å². The highest BCUT2D eigenvalue weighted by atomic mass is 15.4. The number of allylic oxidation sites excluding steroid dienone is 1. The van der Waals surface area contributed by atoms with E-state index in [1.54, 1.807) is 5.57 Å². The number of nitrogens with one attached hydrogen (secondary N) is 2. The quantitative estimate of drug-likeness (QED) is 0.211. The van der Waals surface area contributed by atoms with Gasteiger partial charge in [-0.1, -0.05) is 77.4 Å². The van der Waals surface area contributed by atoms with E-state index in [0.29, 0.717) is 11.3 Å². The number of unbranched alkanes of at least 4 members (excludes halogenated alkanes) is 3. The molecule has 0 aromatic rings. The summed E-state index contributed by atoms with van der Waals surface area (Å²) in [5, 5.41) is 0. The highest BCUT2D eigenvalue weighted by Crippen LogP contribution is 2.44. The first-order valence-corrected chi connectivity index (χ1v) is 11.9. The molecule has 2 nitrogen and oxygen atoms in total. The first-order valence-electron chi connectivity index (χ1n) is 11.9. The molecule has 2 unspecified atom stereocenters. The fourth-order valence-corrected chi connectivity index (χ4v) is 4.72. The Balaban J connectivity index is 2.10. The maximum absolute atomic E-state index is 3.66. The Bertz CT molecular complexity index is 399. The van der Waals surface area contributed by atoms with Crippen molar-refractivity contribution >= 4 is 0 Å². The van der Waals surface area contributed by atoms with Gasteiger partial charge in [-0.2, -0.15) is 0 Å². The first-order chi connectivity index (χ1) is 12.7. The van der Waals surface area contributed by atoms with Gasteiger partial charge in [0.15, 0.2) is 0 Å². The van der Waals surface area contributed by atoms with Crippen molar-refractivity contribution in [1.29, 1.82) is 0 Å². The molecule has 0 aromatic carbocycles. The van der Waals surface area contributed by atoms with Crippen LogP contribution in [0.5, 0.6) is 0 Å². The van der Waals surface area contributed by atoms with E-state index in [-0.39, 0.29) is 0 Å². The Morgan fingerprint density at radius 2 is 1.73 bits per heavy atom. The summed E-state index contributed by atoms with van der Waals surface area (Å²) in [6, 6.07) is 0.740. The lowest BCUT2D eigenvalue weighted by atomic mass is 9.66. The average Bonchev–Trinajstić information content (AvgIpc) is 3.42. The fourth-order valence-electron chi connectivity index (χ4n) is 4.72. The van der Waals surface area contributed by atoms with Crippen LogP contribution in [0.15, 0.2) is 11.6 Å². The van der Waals surface area contributed by atoms with Crippen molar-refractivity contribution in [1.82, 2.24) is 10.9 Å². The van der Waals surface area contributed by atoms with Crippen LogP contribution in [0.2, 0.25) is 0 Å². The van der Waals surface area contributed by atoms with E-state index < -0.39 is 0 Å². The average molecular weight is 363 g/mol. The largest absolute Gasteiger partial charge is 0.257 e. The lowest BCUT2D eigenvalue weighted by Crippen LogP contribution is -2.43. The van der Waals surface area contributed by atoms with Crippen LogP contribution < -0.4 is 10.9 Å². The Labute approximate surface area is 164 Å². The molecule has 2 rings (SSSR count). The van der Waals surface area contributed by atoms with E-state index in [1.807, 2.05) is 0 Å². The van der Waals surface area contributed by atoms with Gasteiger partial charge in [0, 0.05) is 12.6 Å². The smallest absolute Gasteiger partial charge is 0.0214 e. The molecule has 2 atom stereocenters. The first kappa shape index (κ1) is 22.0. The molecule has 0 aromatic heterocycles. The van der Waals surface area contributed by atoms with E-state index in [0.717, 1.165) is 12.6 Å². The Kier molecular flexibility index (Phi) is 10.3. The summed E-state index contributed by atoms with van der Waals surface area (Å²) >= 11 is 0. The van der Waals surface area contributed by atoms with E-state index in [2.05, 4.69) is 37.7 Å². The van der Waals surface area contributed by atoms with Gasteiger partial charge in [0.2, 0.25) is 0 Å². The Hall–Kier alpha value is -0.340. The highest BCUT2D eigenvalue weighted by Gasteiger charge is 2.35. The van der Waals surface area contributed by atoms with Gasteiger partial charge in [-0.25, -0.2) is 0 Å². The normalized spacial score (nSPS) is 24.2. The third-order valence-corrected chi connectivity index (χ3v) is 6.76. The molecule has 2 heteroatoms. The Morgan fingerprint density at radius 3 is 2.46 bits per heavy atom. The zero-order valence-electron chi connectivity index (χ0n) is 18.0. The summed E-state index contributed by atoms with van der Waals surface area (Å²) in [6.45, 7) is 8.42. The number of rotatable bonds is 13. The number of hydrogen-bond acceptors (Lipinski definition) is 2. The third kappa shape index (κ3) is 7.72. The minimum Gasteiger partial charge on any atom is -0.257 e. The van der Waals surface area contributed by atoms with Gasteiger partial charge in [-0.15, -0.1) is 0 Å². The molecular formula is C24H46N2. The maximum atomic E-state index is 3.66. The zero-order valence-corrected chi connectivity index (χ0v) is 18.0. The monoisotopic (exact) mass is 362 g/mol. The van der Waals surface area contributed by atoms with Crippen LogP contribution in [-0.4, -0.2) is 12.6 Å². The zero-order chi connectivity index (χ0) is 18.7. The van der Waals surface area contributed by atoms with Gasteiger partial charge in [0.25, 0.3) is 0 Å². The molecule has 2 aliphatic rings. The molecule has 2 N–H and O–H groups in total. The van der Waals surface area contributed by atoms with Crippen molar-refractivity contribution < 1.29 is 0 Å². The molecule has 1 fully saturated rings.